The molecule has 1 rings (SSSR count). The maximum atomic E-state index is 2.41. The summed E-state index contributed by atoms with van der Waals surface area (Å²) in [7, 11) is 0. The maximum Gasteiger partial charge on any atom is -0.0195 e. The zero-order valence-corrected chi connectivity index (χ0v) is 6.73. The molecule has 0 nitrogen and oxygen atoms in total. The fourth-order valence-electron chi connectivity index (χ4n) is 1.44. The lowest BCUT2D eigenvalue weighted by atomic mass is 10.0. The molecule has 9 heavy (non-hydrogen) atoms. The predicted molar refractivity (Wildman–Crippen MR) is 41.0 cm³/mol. The number of hydrogen-bond donors (Lipinski definition) is 0. The number of hydrogen-bond acceptors (Lipinski definition) is 0. The Hall–Kier alpha value is -0.260. The van der Waals surface area contributed by atoms with Crippen molar-refractivity contribution < 1.29 is 0 Å². The molecule has 0 aromatic carbocycles. The van der Waals surface area contributed by atoms with Crippen LogP contribution >= 0.6 is 0 Å². The zero-order valence-electron chi connectivity index (χ0n) is 6.73. The van der Waals surface area contributed by atoms with Gasteiger partial charge in [0.2, 0.25) is 0 Å². The molecule has 51 valence electrons. The predicted octanol–water partition coefficient (Wildman–Crippen LogP) is 2.81. The van der Waals surface area contributed by atoms with Gasteiger partial charge in [-0.2, -0.15) is 0 Å². The van der Waals surface area contributed by atoms with Gasteiger partial charge in [0.1, 0.15) is 0 Å². The Labute approximate surface area is 58.0 Å². The smallest absolute Gasteiger partial charge is 0.0195 e. The molecule has 2 unspecified atom stereocenters. The first-order chi connectivity index (χ1) is 4.13. The van der Waals surface area contributed by atoms with Gasteiger partial charge in [-0.05, 0) is 32.1 Å². The lowest BCUT2D eigenvalue weighted by Gasteiger charge is -2.01. The summed E-state index contributed by atoms with van der Waals surface area (Å²) in [6.45, 7) is 9.00. The van der Waals surface area contributed by atoms with Crippen molar-refractivity contribution in [3.63, 3.8) is 0 Å². The summed E-state index contributed by atoms with van der Waals surface area (Å²) in [6, 6.07) is 0. The Bertz CT molecular complexity index is 126. The van der Waals surface area contributed by atoms with Gasteiger partial charge in [0.25, 0.3) is 0 Å². The molecule has 0 spiro atoms. The van der Waals surface area contributed by atoms with Gasteiger partial charge in [-0.15, -0.1) is 0 Å². The SMILES string of the molecule is CC1=C(C)C(C)[CH]C1C. The van der Waals surface area contributed by atoms with E-state index in [0.29, 0.717) is 0 Å². The van der Waals surface area contributed by atoms with Crippen LogP contribution in [0.5, 0.6) is 0 Å². The largest absolute Gasteiger partial charge is 0.0710 e. The van der Waals surface area contributed by atoms with Crippen LogP contribution in [0.4, 0.5) is 0 Å². The van der Waals surface area contributed by atoms with E-state index < -0.39 is 0 Å². The second-order valence-electron chi connectivity index (χ2n) is 3.14. The summed E-state index contributed by atoms with van der Waals surface area (Å²) >= 11 is 0. The summed E-state index contributed by atoms with van der Waals surface area (Å²) in [5, 5.41) is 0. The molecule has 0 aromatic rings. The summed E-state index contributed by atoms with van der Waals surface area (Å²) < 4.78 is 0. The third-order valence-electron chi connectivity index (χ3n) is 2.57. The van der Waals surface area contributed by atoms with Gasteiger partial charge in [0, 0.05) is 0 Å². The van der Waals surface area contributed by atoms with Crippen LogP contribution in [-0.2, 0) is 0 Å². The fourth-order valence-corrected chi connectivity index (χ4v) is 1.44. The first kappa shape index (κ1) is 6.85. The summed E-state index contributed by atoms with van der Waals surface area (Å²) in [5.74, 6) is 1.44. The molecule has 0 N–H and O–H groups in total. The molecule has 1 aliphatic rings. The monoisotopic (exact) mass is 123 g/mol. The van der Waals surface area contributed by atoms with E-state index in [2.05, 4.69) is 34.1 Å². The minimum Gasteiger partial charge on any atom is -0.0710 e. The molecule has 2 atom stereocenters. The van der Waals surface area contributed by atoms with Gasteiger partial charge in [0.15, 0.2) is 0 Å². The van der Waals surface area contributed by atoms with E-state index in [9.17, 15) is 0 Å². The molecule has 0 aliphatic heterocycles. The third kappa shape index (κ3) is 1.03. The van der Waals surface area contributed by atoms with Crippen LogP contribution < -0.4 is 0 Å². The summed E-state index contributed by atoms with van der Waals surface area (Å²) in [4.78, 5) is 0. The van der Waals surface area contributed by atoms with Gasteiger partial charge in [-0.3, -0.25) is 0 Å². The molecule has 0 saturated carbocycles. The Balaban J connectivity index is 2.79. The normalized spacial score (nSPS) is 36.0. The van der Waals surface area contributed by atoms with E-state index in [1.165, 1.54) is 0 Å². The van der Waals surface area contributed by atoms with Crippen molar-refractivity contribution in [1.29, 1.82) is 0 Å². The Morgan fingerprint density at radius 1 is 1.00 bits per heavy atom. The molecule has 0 bridgehead atoms. The first-order valence-corrected chi connectivity index (χ1v) is 3.65. The standard InChI is InChI=1S/C9H15/c1-6-5-7(2)9(4)8(6)3/h5-7H,1-4H3. The molecule has 0 heterocycles. The molecule has 0 heteroatoms. The van der Waals surface area contributed by atoms with Crippen LogP contribution in [-0.4, -0.2) is 0 Å². The van der Waals surface area contributed by atoms with Crippen LogP contribution in [0.15, 0.2) is 11.1 Å². The Morgan fingerprint density at radius 2 is 1.33 bits per heavy atom. The van der Waals surface area contributed by atoms with Gasteiger partial charge < -0.3 is 0 Å². The van der Waals surface area contributed by atoms with Crippen molar-refractivity contribution in [2.75, 3.05) is 0 Å². The van der Waals surface area contributed by atoms with E-state index >= 15 is 0 Å². The zero-order chi connectivity index (χ0) is 7.02. The number of allylic oxidation sites excluding steroid dienone is 2. The highest BCUT2D eigenvalue weighted by atomic mass is 14.3. The highest BCUT2D eigenvalue weighted by Gasteiger charge is 2.21. The highest BCUT2D eigenvalue weighted by Crippen LogP contribution is 2.34. The van der Waals surface area contributed by atoms with Crippen molar-refractivity contribution in [3.8, 4) is 0 Å². The lowest BCUT2D eigenvalue weighted by molar-refractivity contribution is 0.732. The van der Waals surface area contributed by atoms with Crippen LogP contribution in [0, 0.1) is 18.3 Å². The second-order valence-corrected chi connectivity index (χ2v) is 3.14. The molecule has 0 saturated heterocycles. The van der Waals surface area contributed by atoms with E-state index in [1.54, 1.807) is 11.1 Å². The molecule has 1 aliphatic carbocycles. The number of rotatable bonds is 0. The molecular formula is C9H15. The van der Waals surface area contributed by atoms with Crippen molar-refractivity contribution in [2.24, 2.45) is 11.8 Å². The van der Waals surface area contributed by atoms with Crippen molar-refractivity contribution >= 4 is 0 Å². The molecule has 0 aromatic heterocycles. The average molecular weight is 123 g/mol. The minimum absolute atomic E-state index is 0.722. The van der Waals surface area contributed by atoms with E-state index in [1.807, 2.05) is 0 Å². The Morgan fingerprint density at radius 3 is 1.44 bits per heavy atom. The van der Waals surface area contributed by atoms with Gasteiger partial charge in [0.05, 0.1) is 0 Å². The topological polar surface area (TPSA) is 0 Å². The second kappa shape index (κ2) is 2.17. The molecule has 0 amide bonds. The van der Waals surface area contributed by atoms with Crippen LogP contribution in [0.1, 0.15) is 27.7 Å². The lowest BCUT2D eigenvalue weighted by Crippen LogP contribution is -1.92. The third-order valence-corrected chi connectivity index (χ3v) is 2.57. The summed E-state index contributed by atoms with van der Waals surface area (Å²) in [6.07, 6.45) is 2.41. The van der Waals surface area contributed by atoms with Gasteiger partial charge in [-0.25, -0.2) is 0 Å². The minimum atomic E-state index is 0.722. The first-order valence-electron chi connectivity index (χ1n) is 3.65. The quantitative estimate of drug-likeness (QED) is 0.434. The molecule has 1 radical (unpaired) electrons. The van der Waals surface area contributed by atoms with Gasteiger partial charge in [-0.1, -0.05) is 25.0 Å². The molecular weight excluding hydrogens is 108 g/mol. The van der Waals surface area contributed by atoms with Crippen LogP contribution in [0.2, 0.25) is 0 Å². The maximum absolute atomic E-state index is 2.41. The average Bonchev–Trinajstić information content (AvgIpc) is 1.98. The van der Waals surface area contributed by atoms with Crippen LogP contribution in [0.25, 0.3) is 0 Å². The van der Waals surface area contributed by atoms with Crippen molar-refractivity contribution in [2.45, 2.75) is 27.7 Å². The van der Waals surface area contributed by atoms with Crippen LogP contribution in [0.3, 0.4) is 0 Å². The highest BCUT2D eigenvalue weighted by molar-refractivity contribution is 5.27. The summed E-state index contributed by atoms with van der Waals surface area (Å²) in [5.41, 5.74) is 3.14. The van der Waals surface area contributed by atoms with Crippen molar-refractivity contribution in [3.05, 3.63) is 17.6 Å². The van der Waals surface area contributed by atoms with E-state index in [0.717, 1.165) is 11.8 Å². The fraction of sp³-hybridized carbons (Fsp3) is 0.667. The van der Waals surface area contributed by atoms with Crippen molar-refractivity contribution in [1.82, 2.24) is 0 Å². The van der Waals surface area contributed by atoms with E-state index in [4.69, 9.17) is 0 Å². The van der Waals surface area contributed by atoms with E-state index in [-0.39, 0.29) is 0 Å². The molecule has 0 fully saturated rings. The Kier molecular flexibility index (Phi) is 1.65. The van der Waals surface area contributed by atoms with Gasteiger partial charge >= 0.3 is 0 Å².